The van der Waals surface area contributed by atoms with Crippen LogP contribution in [0.3, 0.4) is 0 Å². The maximum absolute atomic E-state index is 12.6. The number of hydrogen-bond acceptors (Lipinski definition) is 3. The first kappa shape index (κ1) is 17.5. The van der Waals surface area contributed by atoms with Gasteiger partial charge in [-0.15, -0.1) is 0 Å². The lowest BCUT2D eigenvalue weighted by Gasteiger charge is -2.19. The van der Waals surface area contributed by atoms with Gasteiger partial charge in [0.25, 0.3) is 5.91 Å². The third-order valence-corrected chi connectivity index (χ3v) is 6.35. The number of benzene rings is 2. The van der Waals surface area contributed by atoms with Crippen LogP contribution in [0.1, 0.15) is 33.5 Å². The number of carbonyl (C=O) groups is 1. The lowest BCUT2D eigenvalue weighted by atomic mass is 10.0. The fourth-order valence-electron chi connectivity index (χ4n) is 3.09. The molecule has 0 spiro atoms. The summed E-state index contributed by atoms with van der Waals surface area (Å²) < 4.78 is 25.7. The number of anilines is 2. The second kappa shape index (κ2) is 6.52. The van der Waals surface area contributed by atoms with E-state index in [1.54, 1.807) is 12.1 Å². The number of nitrogens with zero attached hydrogens (tertiary/aromatic N) is 1. The molecule has 0 aromatic heterocycles. The quantitative estimate of drug-likeness (QED) is 0.914. The van der Waals surface area contributed by atoms with Crippen LogP contribution in [-0.4, -0.2) is 26.6 Å². The lowest BCUT2D eigenvalue weighted by molar-refractivity contribution is 0.102. The van der Waals surface area contributed by atoms with Gasteiger partial charge >= 0.3 is 0 Å². The molecule has 2 aromatic rings. The Balaban J connectivity index is 1.90. The van der Waals surface area contributed by atoms with Crippen molar-refractivity contribution in [3.05, 3.63) is 58.7 Å². The molecule has 0 radical (unpaired) electrons. The van der Waals surface area contributed by atoms with Gasteiger partial charge in [0.2, 0.25) is 10.0 Å². The van der Waals surface area contributed by atoms with E-state index in [0.717, 1.165) is 16.7 Å². The lowest BCUT2D eigenvalue weighted by Crippen LogP contribution is -2.25. The average molecular weight is 358 g/mol. The molecule has 5 nitrogen and oxygen atoms in total. The van der Waals surface area contributed by atoms with Gasteiger partial charge in [-0.1, -0.05) is 23.8 Å². The normalized spacial score (nSPS) is 16.0. The van der Waals surface area contributed by atoms with Gasteiger partial charge < -0.3 is 5.32 Å². The van der Waals surface area contributed by atoms with E-state index in [-0.39, 0.29) is 11.7 Å². The second-order valence-electron chi connectivity index (χ2n) is 6.51. The molecule has 0 unspecified atom stereocenters. The molecule has 0 bridgehead atoms. The number of carbonyl (C=O) groups excluding carboxylic acids is 1. The highest BCUT2D eigenvalue weighted by Crippen LogP contribution is 2.29. The fraction of sp³-hybridized carbons (Fsp3) is 0.316. The Bertz CT molecular complexity index is 936. The molecule has 6 heteroatoms. The van der Waals surface area contributed by atoms with Crippen LogP contribution in [0.15, 0.2) is 36.4 Å². The Morgan fingerprint density at radius 3 is 2.44 bits per heavy atom. The van der Waals surface area contributed by atoms with Crippen molar-refractivity contribution in [1.29, 1.82) is 0 Å². The van der Waals surface area contributed by atoms with Crippen LogP contribution in [0.4, 0.5) is 11.4 Å². The first-order chi connectivity index (χ1) is 11.8. The molecular formula is C19H22N2O3S. The van der Waals surface area contributed by atoms with Gasteiger partial charge in [-0.05, 0) is 56.5 Å². The zero-order chi connectivity index (χ0) is 18.2. The molecule has 25 heavy (non-hydrogen) atoms. The van der Waals surface area contributed by atoms with Crippen LogP contribution in [0.25, 0.3) is 0 Å². The van der Waals surface area contributed by atoms with Gasteiger partial charge in [0.05, 0.1) is 11.4 Å². The van der Waals surface area contributed by atoms with Crippen molar-refractivity contribution in [2.75, 3.05) is 21.9 Å². The van der Waals surface area contributed by atoms with Crippen molar-refractivity contribution in [3.8, 4) is 0 Å². The van der Waals surface area contributed by atoms with Gasteiger partial charge in [-0.25, -0.2) is 8.42 Å². The van der Waals surface area contributed by atoms with E-state index in [1.807, 2.05) is 45.0 Å². The number of amides is 1. The van der Waals surface area contributed by atoms with E-state index < -0.39 is 10.0 Å². The van der Waals surface area contributed by atoms with E-state index in [0.29, 0.717) is 29.9 Å². The van der Waals surface area contributed by atoms with Crippen molar-refractivity contribution in [2.45, 2.75) is 27.2 Å². The molecule has 0 atom stereocenters. The maximum Gasteiger partial charge on any atom is 0.255 e. The second-order valence-corrected chi connectivity index (χ2v) is 8.53. The molecule has 1 aliphatic heterocycles. The highest BCUT2D eigenvalue weighted by atomic mass is 32.2. The summed E-state index contributed by atoms with van der Waals surface area (Å²) in [6, 6.07) is 11.0. The fourth-order valence-corrected chi connectivity index (χ4v) is 4.64. The van der Waals surface area contributed by atoms with Crippen LogP contribution in [0.5, 0.6) is 0 Å². The highest BCUT2D eigenvalue weighted by molar-refractivity contribution is 7.93. The van der Waals surface area contributed by atoms with E-state index in [2.05, 4.69) is 5.32 Å². The molecule has 0 saturated carbocycles. The summed E-state index contributed by atoms with van der Waals surface area (Å²) in [6.07, 6.45) is 0.625. The number of sulfonamides is 1. The van der Waals surface area contributed by atoms with Gasteiger partial charge in [0.1, 0.15) is 0 Å². The highest BCUT2D eigenvalue weighted by Gasteiger charge is 2.28. The molecular weight excluding hydrogens is 336 g/mol. The van der Waals surface area contributed by atoms with Crippen LogP contribution < -0.4 is 9.62 Å². The average Bonchev–Trinajstić information content (AvgIpc) is 2.88. The summed E-state index contributed by atoms with van der Waals surface area (Å²) >= 11 is 0. The predicted molar refractivity (Wildman–Crippen MR) is 101 cm³/mol. The van der Waals surface area contributed by atoms with Crippen molar-refractivity contribution in [3.63, 3.8) is 0 Å². The third kappa shape index (κ3) is 3.54. The van der Waals surface area contributed by atoms with Crippen molar-refractivity contribution >= 4 is 27.3 Å². The topological polar surface area (TPSA) is 66.5 Å². The largest absolute Gasteiger partial charge is 0.322 e. The predicted octanol–water partition coefficient (Wildman–Crippen LogP) is 3.40. The zero-order valence-electron chi connectivity index (χ0n) is 14.7. The Labute approximate surface area is 148 Å². The standard InChI is InChI=1S/C19H22N2O3S/c1-13-5-8-17(15(3)11-13)19(22)20-18-12-16(7-6-14(18)2)21-9-4-10-25(21,23)24/h5-8,11-12H,4,9-10H2,1-3H3,(H,20,22). The van der Waals surface area contributed by atoms with Crippen molar-refractivity contribution in [2.24, 2.45) is 0 Å². The van der Waals surface area contributed by atoms with E-state index in [4.69, 9.17) is 0 Å². The Morgan fingerprint density at radius 2 is 1.80 bits per heavy atom. The summed E-state index contributed by atoms with van der Waals surface area (Å²) in [7, 11) is -3.24. The van der Waals surface area contributed by atoms with Gasteiger partial charge in [0, 0.05) is 17.8 Å². The summed E-state index contributed by atoms with van der Waals surface area (Å²) in [5.41, 5.74) is 4.74. The summed E-state index contributed by atoms with van der Waals surface area (Å²) in [5, 5.41) is 2.92. The van der Waals surface area contributed by atoms with E-state index >= 15 is 0 Å². The molecule has 1 heterocycles. The summed E-state index contributed by atoms with van der Waals surface area (Å²) in [5.74, 6) is -0.0208. The SMILES string of the molecule is Cc1ccc(C(=O)Nc2cc(N3CCCS3(=O)=O)ccc2C)c(C)c1. The van der Waals surface area contributed by atoms with Crippen molar-refractivity contribution in [1.82, 2.24) is 0 Å². The number of aryl methyl sites for hydroxylation is 3. The van der Waals surface area contributed by atoms with Crippen molar-refractivity contribution < 1.29 is 13.2 Å². The van der Waals surface area contributed by atoms with Crippen LogP contribution in [0.2, 0.25) is 0 Å². The molecule has 1 aliphatic rings. The Morgan fingerprint density at radius 1 is 1.04 bits per heavy atom. The van der Waals surface area contributed by atoms with E-state index in [1.165, 1.54) is 4.31 Å². The minimum atomic E-state index is -3.24. The maximum atomic E-state index is 12.6. The molecule has 132 valence electrons. The van der Waals surface area contributed by atoms with E-state index in [9.17, 15) is 13.2 Å². The van der Waals surface area contributed by atoms with Gasteiger partial charge in [-0.2, -0.15) is 0 Å². The van der Waals surface area contributed by atoms with Gasteiger partial charge in [-0.3, -0.25) is 9.10 Å². The minimum Gasteiger partial charge on any atom is -0.322 e. The molecule has 1 amide bonds. The molecule has 1 saturated heterocycles. The third-order valence-electron chi connectivity index (χ3n) is 4.48. The number of nitrogens with one attached hydrogen (secondary N) is 1. The Hall–Kier alpha value is -2.34. The summed E-state index contributed by atoms with van der Waals surface area (Å²) in [6.45, 7) is 6.26. The van der Waals surface area contributed by atoms with Crippen LogP contribution in [0, 0.1) is 20.8 Å². The first-order valence-electron chi connectivity index (χ1n) is 8.27. The number of hydrogen-bond donors (Lipinski definition) is 1. The monoisotopic (exact) mass is 358 g/mol. The zero-order valence-corrected chi connectivity index (χ0v) is 15.5. The summed E-state index contributed by atoms with van der Waals surface area (Å²) in [4.78, 5) is 12.6. The molecule has 2 aromatic carbocycles. The Kier molecular flexibility index (Phi) is 4.56. The van der Waals surface area contributed by atoms with Crippen LogP contribution >= 0.6 is 0 Å². The molecule has 1 N–H and O–H groups in total. The molecule has 3 rings (SSSR count). The van der Waals surface area contributed by atoms with Crippen LogP contribution in [-0.2, 0) is 10.0 Å². The first-order valence-corrected chi connectivity index (χ1v) is 9.88. The smallest absolute Gasteiger partial charge is 0.255 e. The van der Waals surface area contributed by atoms with Gasteiger partial charge in [0.15, 0.2) is 0 Å². The molecule has 0 aliphatic carbocycles. The number of rotatable bonds is 3. The molecule has 1 fully saturated rings. The minimum absolute atomic E-state index is 0.172.